The summed E-state index contributed by atoms with van der Waals surface area (Å²) in [6, 6.07) is 20.3. The summed E-state index contributed by atoms with van der Waals surface area (Å²) < 4.78 is 2.25. The van der Waals surface area contributed by atoms with Crippen molar-refractivity contribution in [1.29, 1.82) is 0 Å². The Morgan fingerprint density at radius 1 is 0.960 bits per heavy atom. The fourth-order valence-electron chi connectivity index (χ4n) is 3.42. The minimum atomic E-state index is -0.371. The van der Waals surface area contributed by atoms with E-state index in [4.69, 9.17) is 5.73 Å². The van der Waals surface area contributed by atoms with Crippen LogP contribution in [0.3, 0.4) is 0 Å². The zero-order chi connectivity index (χ0) is 17.8. The third-order valence-corrected chi connectivity index (χ3v) is 4.61. The molecule has 3 heteroatoms. The molecule has 1 heterocycles. The SMILES string of the molecule is CCCCn1c(C)c(C(N)=O)c(-c2ccccc2)c1-c1ccccc1. The van der Waals surface area contributed by atoms with Crippen LogP contribution < -0.4 is 5.73 Å². The predicted molar refractivity (Wildman–Crippen MR) is 103 cm³/mol. The molecule has 128 valence electrons. The largest absolute Gasteiger partial charge is 0.366 e. The highest BCUT2D eigenvalue weighted by atomic mass is 16.1. The average molecular weight is 332 g/mol. The highest BCUT2D eigenvalue weighted by molar-refractivity contribution is 6.05. The maximum absolute atomic E-state index is 12.3. The lowest BCUT2D eigenvalue weighted by Crippen LogP contribution is -2.13. The van der Waals surface area contributed by atoms with Gasteiger partial charge >= 0.3 is 0 Å². The molecule has 0 saturated heterocycles. The number of primary amides is 1. The number of hydrogen-bond donors (Lipinski definition) is 1. The van der Waals surface area contributed by atoms with Crippen LogP contribution >= 0.6 is 0 Å². The Hall–Kier alpha value is -2.81. The van der Waals surface area contributed by atoms with Crippen LogP contribution in [0, 0.1) is 6.92 Å². The van der Waals surface area contributed by atoms with Crippen molar-refractivity contribution in [3.05, 3.63) is 71.9 Å². The number of hydrogen-bond acceptors (Lipinski definition) is 1. The molecule has 0 unspecified atom stereocenters. The number of aromatic nitrogens is 1. The summed E-state index contributed by atoms with van der Waals surface area (Å²) in [5.41, 5.74) is 11.5. The van der Waals surface area contributed by atoms with E-state index in [0.29, 0.717) is 5.56 Å². The summed E-state index contributed by atoms with van der Waals surface area (Å²) in [5, 5.41) is 0. The van der Waals surface area contributed by atoms with Gasteiger partial charge in [0, 0.05) is 17.8 Å². The molecule has 3 aromatic rings. The fraction of sp³-hybridized carbons (Fsp3) is 0.227. The monoisotopic (exact) mass is 332 g/mol. The van der Waals surface area contributed by atoms with Gasteiger partial charge in [-0.15, -0.1) is 0 Å². The first-order chi connectivity index (χ1) is 12.1. The van der Waals surface area contributed by atoms with Crippen LogP contribution in [0.15, 0.2) is 60.7 Å². The molecule has 2 N–H and O–H groups in total. The number of unbranched alkanes of at least 4 members (excludes halogenated alkanes) is 1. The molecular weight excluding hydrogens is 308 g/mol. The fourth-order valence-corrected chi connectivity index (χ4v) is 3.42. The Balaban J connectivity index is 2.36. The van der Waals surface area contributed by atoms with Gasteiger partial charge in [-0.3, -0.25) is 4.79 Å². The van der Waals surface area contributed by atoms with E-state index in [9.17, 15) is 4.79 Å². The topological polar surface area (TPSA) is 48.0 Å². The van der Waals surface area contributed by atoms with Crippen molar-refractivity contribution in [1.82, 2.24) is 4.57 Å². The van der Waals surface area contributed by atoms with Gasteiger partial charge in [-0.1, -0.05) is 74.0 Å². The molecule has 3 nitrogen and oxygen atoms in total. The summed E-state index contributed by atoms with van der Waals surface area (Å²) in [4.78, 5) is 12.3. The van der Waals surface area contributed by atoms with Gasteiger partial charge in [0.05, 0.1) is 11.3 Å². The molecule has 2 aromatic carbocycles. The van der Waals surface area contributed by atoms with Crippen LogP contribution in [-0.4, -0.2) is 10.5 Å². The standard InChI is InChI=1S/C22H24N2O/c1-3-4-15-24-16(2)19(22(23)25)20(17-11-7-5-8-12-17)21(24)18-13-9-6-10-14-18/h5-14H,3-4,15H2,1-2H3,(H2,23,25). The lowest BCUT2D eigenvalue weighted by Gasteiger charge is -2.13. The molecule has 25 heavy (non-hydrogen) atoms. The van der Waals surface area contributed by atoms with E-state index >= 15 is 0 Å². The summed E-state index contributed by atoms with van der Waals surface area (Å²) in [5.74, 6) is -0.371. The van der Waals surface area contributed by atoms with Crippen molar-refractivity contribution in [2.45, 2.75) is 33.2 Å². The minimum absolute atomic E-state index is 0.371. The molecule has 0 aliphatic heterocycles. The van der Waals surface area contributed by atoms with E-state index in [1.54, 1.807) is 0 Å². The van der Waals surface area contributed by atoms with Crippen molar-refractivity contribution in [3.63, 3.8) is 0 Å². The predicted octanol–water partition coefficient (Wildman–Crippen LogP) is 5.03. The van der Waals surface area contributed by atoms with Crippen molar-refractivity contribution in [2.24, 2.45) is 5.73 Å². The molecule has 0 aliphatic rings. The summed E-state index contributed by atoms with van der Waals surface area (Å²) in [7, 11) is 0. The first-order valence-electron chi connectivity index (χ1n) is 8.78. The van der Waals surface area contributed by atoms with E-state index in [-0.39, 0.29) is 5.91 Å². The Morgan fingerprint density at radius 3 is 2.04 bits per heavy atom. The second-order valence-corrected chi connectivity index (χ2v) is 6.29. The molecule has 0 atom stereocenters. The zero-order valence-corrected chi connectivity index (χ0v) is 14.8. The van der Waals surface area contributed by atoms with E-state index in [2.05, 4.69) is 23.6 Å². The van der Waals surface area contributed by atoms with Gasteiger partial charge in [0.25, 0.3) is 5.91 Å². The second kappa shape index (κ2) is 7.39. The van der Waals surface area contributed by atoms with Gasteiger partial charge in [0.15, 0.2) is 0 Å². The molecule has 0 spiro atoms. The molecule has 0 radical (unpaired) electrons. The molecule has 3 rings (SSSR count). The van der Waals surface area contributed by atoms with Gasteiger partial charge in [0.1, 0.15) is 0 Å². The number of rotatable bonds is 6. The third-order valence-electron chi connectivity index (χ3n) is 4.61. The highest BCUT2D eigenvalue weighted by Crippen LogP contribution is 2.39. The van der Waals surface area contributed by atoms with Crippen molar-refractivity contribution in [3.8, 4) is 22.4 Å². The minimum Gasteiger partial charge on any atom is -0.366 e. The van der Waals surface area contributed by atoms with Crippen LogP contribution in [0.5, 0.6) is 0 Å². The highest BCUT2D eigenvalue weighted by Gasteiger charge is 2.25. The Labute approximate surface area is 149 Å². The molecule has 0 aliphatic carbocycles. The zero-order valence-electron chi connectivity index (χ0n) is 14.8. The average Bonchev–Trinajstić information content (AvgIpc) is 2.94. The van der Waals surface area contributed by atoms with Crippen molar-refractivity contribution < 1.29 is 4.79 Å². The normalized spacial score (nSPS) is 10.8. The van der Waals surface area contributed by atoms with Crippen molar-refractivity contribution in [2.75, 3.05) is 0 Å². The summed E-state index contributed by atoms with van der Waals surface area (Å²) in [6.07, 6.45) is 2.15. The van der Waals surface area contributed by atoms with Gasteiger partial charge in [-0.2, -0.15) is 0 Å². The molecular formula is C22H24N2O. The lowest BCUT2D eigenvalue weighted by molar-refractivity contribution is 0.1000. The van der Waals surface area contributed by atoms with Crippen LogP contribution in [0.1, 0.15) is 35.8 Å². The Morgan fingerprint density at radius 2 is 1.52 bits per heavy atom. The number of amides is 1. The van der Waals surface area contributed by atoms with Crippen molar-refractivity contribution >= 4 is 5.91 Å². The van der Waals surface area contributed by atoms with Crippen LogP contribution in [0.25, 0.3) is 22.4 Å². The molecule has 1 aromatic heterocycles. The Bertz CT molecular complexity index is 864. The van der Waals surface area contributed by atoms with E-state index in [0.717, 1.165) is 47.5 Å². The quantitative estimate of drug-likeness (QED) is 0.676. The van der Waals surface area contributed by atoms with Crippen LogP contribution in [-0.2, 0) is 6.54 Å². The second-order valence-electron chi connectivity index (χ2n) is 6.29. The number of benzene rings is 2. The number of carbonyl (C=O) groups is 1. The summed E-state index contributed by atoms with van der Waals surface area (Å²) >= 11 is 0. The van der Waals surface area contributed by atoms with E-state index < -0.39 is 0 Å². The summed E-state index contributed by atoms with van der Waals surface area (Å²) in [6.45, 7) is 5.04. The van der Waals surface area contributed by atoms with Crippen LogP contribution in [0.4, 0.5) is 0 Å². The first kappa shape index (κ1) is 17.0. The number of nitrogens with zero attached hydrogens (tertiary/aromatic N) is 1. The molecule has 0 fully saturated rings. The number of carbonyl (C=O) groups excluding carboxylic acids is 1. The smallest absolute Gasteiger partial charge is 0.251 e. The molecule has 0 saturated carbocycles. The molecule has 0 bridgehead atoms. The van der Waals surface area contributed by atoms with Gasteiger partial charge in [-0.25, -0.2) is 0 Å². The maximum atomic E-state index is 12.3. The first-order valence-corrected chi connectivity index (χ1v) is 8.78. The third kappa shape index (κ3) is 3.22. The van der Waals surface area contributed by atoms with Gasteiger partial charge in [-0.05, 0) is 24.5 Å². The van der Waals surface area contributed by atoms with Gasteiger partial charge < -0.3 is 10.3 Å². The molecule has 1 amide bonds. The van der Waals surface area contributed by atoms with E-state index in [1.807, 2.05) is 55.5 Å². The Kier molecular flexibility index (Phi) is 5.03. The van der Waals surface area contributed by atoms with E-state index in [1.165, 1.54) is 0 Å². The number of nitrogens with two attached hydrogens (primary N) is 1. The van der Waals surface area contributed by atoms with Crippen LogP contribution in [0.2, 0.25) is 0 Å². The van der Waals surface area contributed by atoms with Gasteiger partial charge in [0.2, 0.25) is 0 Å². The lowest BCUT2D eigenvalue weighted by atomic mass is 9.96. The maximum Gasteiger partial charge on any atom is 0.251 e.